The minimum Gasteiger partial charge on any atom is -0.394 e. The van der Waals surface area contributed by atoms with Crippen LogP contribution in [0.3, 0.4) is 0 Å². The maximum absolute atomic E-state index is 9.76. The van der Waals surface area contributed by atoms with Gasteiger partial charge in [-0.25, -0.2) is 0 Å². The molecule has 0 fully saturated rings. The average Bonchev–Trinajstić information content (AvgIpc) is 2.50. The molecule has 120 valence electrons. The molecule has 0 aliphatic heterocycles. The van der Waals surface area contributed by atoms with Crippen molar-refractivity contribution in [1.82, 2.24) is 0 Å². The minimum atomic E-state index is -1.64. The second-order valence-electron chi connectivity index (χ2n) is 3.73. The first-order valence-electron chi connectivity index (χ1n) is 5.47. The molecule has 0 aliphatic carbocycles. The number of carbonyl (C=O) groups is 2. The number of carbonyl (C=O) groups excluding carboxylic acids is 2. The number of hydrogen-bond acceptors (Lipinski definition) is 10. The summed E-state index contributed by atoms with van der Waals surface area (Å²) >= 11 is 0. The first-order valence-corrected chi connectivity index (χ1v) is 5.47. The second kappa shape index (κ2) is 11.8. The van der Waals surface area contributed by atoms with Crippen molar-refractivity contribution in [3.05, 3.63) is 0 Å². The molecule has 0 aromatic rings. The molecule has 20 heavy (non-hydrogen) atoms. The van der Waals surface area contributed by atoms with Gasteiger partial charge in [-0.15, -0.1) is 0 Å². The molecule has 0 saturated carbocycles. The van der Waals surface area contributed by atoms with Crippen molar-refractivity contribution in [2.45, 2.75) is 36.6 Å². The van der Waals surface area contributed by atoms with Crippen LogP contribution in [0, 0.1) is 0 Å². The van der Waals surface area contributed by atoms with E-state index >= 15 is 0 Å². The fourth-order valence-corrected chi connectivity index (χ4v) is 0.832. The summed E-state index contributed by atoms with van der Waals surface area (Å²) in [6, 6.07) is 0. The molecule has 0 aliphatic rings. The van der Waals surface area contributed by atoms with E-state index in [0.29, 0.717) is 0 Å². The normalized spacial score (nSPS) is 19.6. The van der Waals surface area contributed by atoms with Crippen LogP contribution in [0.25, 0.3) is 0 Å². The maximum Gasteiger partial charge on any atom is 0.151 e. The molecule has 0 rings (SSSR count). The second-order valence-corrected chi connectivity index (χ2v) is 3.73. The molecule has 0 radical (unpaired) electrons. The van der Waals surface area contributed by atoms with E-state index < -0.39 is 49.8 Å². The highest BCUT2D eigenvalue weighted by Gasteiger charge is 2.23. The van der Waals surface area contributed by atoms with Crippen LogP contribution >= 0.6 is 0 Å². The molecule has 0 aromatic heterocycles. The molecular weight excluding hydrogens is 280 g/mol. The molecule has 10 nitrogen and oxygen atoms in total. The summed E-state index contributed by atoms with van der Waals surface area (Å²) < 4.78 is 0. The van der Waals surface area contributed by atoms with Crippen LogP contribution in [0.1, 0.15) is 0 Å². The van der Waals surface area contributed by atoms with Crippen molar-refractivity contribution in [2.75, 3.05) is 13.2 Å². The van der Waals surface area contributed by atoms with Crippen LogP contribution in [0.2, 0.25) is 0 Å². The van der Waals surface area contributed by atoms with Crippen LogP contribution in [-0.4, -0.2) is 103 Å². The SMILES string of the molecule is O=C[C@@H](O)[C@H](O)[C@H](O)CO.O=C[C@@H](O)[C@H](O)[C@H](O)CO. The zero-order valence-corrected chi connectivity index (χ0v) is 10.4. The molecule has 0 heterocycles. The van der Waals surface area contributed by atoms with E-state index in [1.54, 1.807) is 0 Å². The zero-order chi connectivity index (χ0) is 16.3. The van der Waals surface area contributed by atoms with Crippen molar-refractivity contribution < 1.29 is 50.4 Å². The van der Waals surface area contributed by atoms with E-state index in [9.17, 15) is 9.59 Å². The predicted octanol–water partition coefficient (Wildman–Crippen LogP) is -5.48. The maximum atomic E-state index is 9.76. The van der Waals surface area contributed by atoms with Gasteiger partial charge in [0.15, 0.2) is 12.6 Å². The summed E-state index contributed by atoms with van der Waals surface area (Å²) in [5, 5.41) is 68.1. The van der Waals surface area contributed by atoms with Crippen molar-refractivity contribution in [2.24, 2.45) is 0 Å². The van der Waals surface area contributed by atoms with Gasteiger partial charge >= 0.3 is 0 Å². The fraction of sp³-hybridized carbons (Fsp3) is 0.800. The van der Waals surface area contributed by atoms with Gasteiger partial charge in [0.05, 0.1) is 13.2 Å². The van der Waals surface area contributed by atoms with Gasteiger partial charge in [-0.3, -0.25) is 0 Å². The van der Waals surface area contributed by atoms with Crippen LogP contribution in [0.15, 0.2) is 0 Å². The Kier molecular flexibility index (Phi) is 12.6. The van der Waals surface area contributed by atoms with Crippen LogP contribution in [0.4, 0.5) is 0 Å². The third kappa shape index (κ3) is 8.24. The molecule has 0 unspecified atom stereocenters. The van der Waals surface area contributed by atoms with Gasteiger partial charge in [0, 0.05) is 0 Å². The Morgan fingerprint density at radius 2 is 0.900 bits per heavy atom. The lowest BCUT2D eigenvalue weighted by Gasteiger charge is -2.16. The first-order chi connectivity index (χ1) is 9.26. The van der Waals surface area contributed by atoms with Crippen LogP contribution in [0.5, 0.6) is 0 Å². The van der Waals surface area contributed by atoms with Gasteiger partial charge in [0.25, 0.3) is 0 Å². The van der Waals surface area contributed by atoms with Crippen molar-refractivity contribution >= 4 is 12.6 Å². The average molecular weight is 300 g/mol. The van der Waals surface area contributed by atoms with E-state index in [1.165, 1.54) is 0 Å². The summed E-state index contributed by atoms with van der Waals surface area (Å²) in [4.78, 5) is 19.5. The van der Waals surface area contributed by atoms with Crippen molar-refractivity contribution in [3.8, 4) is 0 Å². The Hall–Kier alpha value is -0.980. The number of aliphatic hydroxyl groups excluding tert-OH is 8. The standard InChI is InChI=1S/2C5H10O5/c2*6-1-3(8)5(10)4(9)2-7/h2*1,3-5,7-10H,2H2/t2*3-,4-,5+/m11/s1. The molecule has 0 bridgehead atoms. The molecule has 10 heteroatoms. The third-order valence-corrected chi connectivity index (χ3v) is 2.14. The molecule has 0 aromatic carbocycles. The summed E-state index contributed by atoms with van der Waals surface area (Å²) in [5.74, 6) is 0. The highest BCUT2D eigenvalue weighted by atomic mass is 16.4. The lowest BCUT2D eigenvalue weighted by atomic mass is 10.1. The Morgan fingerprint density at radius 3 is 1.05 bits per heavy atom. The van der Waals surface area contributed by atoms with Gasteiger partial charge in [0.2, 0.25) is 0 Å². The Bertz CT molecular complexity index is 234. The van der Waals surface area contributed by atoms with E-state index in [1.807, 2.05) is 0 Å². The van der Waals surface area contributed by atoms with Gasteiger partial charge in [0.1, 0.15) is 36.6 Å². The monoisotopic (exact) mass is 300 g/mol. The number of aldehydes is 2. The van der Waals surface area contributed by atoms with Gasteiger partial charge < -0.3 is 50.4 Å². The predicted molar refractivity (Wildman–Crippen MR) is 62.3 cm³/mol. The summed E-state index contributed by atoms with van der Waals surface area (Å²) in [5.41, 5.74) is 0. The zero-order valence-electron chi connectivity index (χ0n) is 10.4. The quantitative estimate of drug-likeness (QED) is 0.200. The molecule has 6 atom stereocenters. The first kappa shape index (κ1) is 21.3. The molecular formula is C10H20O10. The number of rotatable bonds is 8. The molecule has 8 N–H and O–H groups in total. The highest BCUT2D eigenvalue weighted by molar-refractivity contribution is 5.57. The van der Waals surface area contributed by atoms with Crippen LogP contribution in [-0.2, 0) is 9.59 Å². The topological polar surface area (TPSA) is 196 Å². The molecule has 0 saturated heterocycles. The van der Waals surface area contributed by atoms with Crippen LogP contribution < -0.4 is 0 Å². The molecule has 0 amide bonds. The van der Waals surface area contributed by atoms with E-state index in [-0.39, 0.29) is 12.6 Å². The Morgan fingerprint density at radius 1 is 0.650 bits per heavy atom. The lowest BCUT2D eigenvalue weighted by Crippen LogP contribution is -2.40. The largest absolute Gasteiger partial charge is 0.394 e. The van der Waals surface area contributed by atoms with Gasteiger partial charge in [-0.2, -0.15) is 0 Å². The lowest BCUT2D eigenvalue weighted by molar-refractivity contribution is -0.128. The van der Waals surface area contributed by atoms with E-state index in [2.05, 4.69) is 0 Å². The highest BCUT2D eigenvalue weighted by Crippen LogP contribution is 1.97. The third-order valence-electron chi connectivity index (χ3n) is 2.14. The summed E-state index contributed by atoms with van der Waals surface area (Å²) in [6.45, 7) is -1.38. The summed E-state index contributed by atoms with van der Waals surface area (Å²) in [6.07, 6.45) is -9.26. The number of hydrogen-bond donors (Lipinski definition) is 8. The van der Waals surface area contributed by atoms with Crippen molar-refractivity contribution in [3.63, 3.8) is 0 Å². The Balaban J connectivity index is 0. The van der Waals surface area contributed by atoms with E-state index in [4.69, 9.17) is 40.9 Å². The van der Waals surface area contributed by atoms with Gasteiger partial charge in [-0.1, -0.05) is 0 Å². The fourth-order valence-electron chi connectivity index (χ4n) is 0.832. The summed E-state index contributed by atoms with van der Waals surface area (Å²) in [7, 11) is 0. The van der Waals surface area contributed by atoms with Crippen molar-refractivity contribution in [1.29, 1.82) is 0 Å². The molecule has 0 spiro atoms. The number of aliphatic hydroxyl groups is 8. The smallest absolute Gasteiger partial charge is 0.151 e. The van der Waals surface area contributed by atoms with E-state index in [0.717, 1.165) is 0 Å². The minimum absolute atomic E-state index is 0.0869. The Labute approximate surface area is 114 Å². The van der Waals surface area contributed by atoms with Gasteiger partial charge in [-0.05, 0) is 0 Å².